The second kappa shape index (κ2) is 8.20. The van der Waals surface area contributed by atoms with Gasteiger partial charge in [0.15, 0.2) is 0 Å². The molecule has 24 heavy (non-hydrogen) atoms. The summed E-state index contributed by atoms with van der Waals surface area (Å²) in [6.45, 7) is 10.6. The van der Waals surface area contributed by atoms with Crippen LogP contribution in [-0.2, 0) is 15.7 Å². The molecule has 0 amide bonds. The van der Waals surface area contributed by atoms with Crippen molar-refractivity contribution in [1.29, 1.82) is 0 Å². The molecule has 2 rings (SSSR count). The molecule has 1 aliphatic rings. The van der Waals surface area contributed by atoms with E-state index in [2.05, 4.69) is 76.8 Å². The van der Waals surface area contributed by atoms with Gasteiger partial charge in [0.1, 0.15) is 0 Å². The van der Waals surface area contributed by atoms with Gasteiger partial charge in [0.05, 0.1) is 11.2 Å². The molecule has 3 heteroatoms. The van der Waals surface area contributed by atoms with Gasteiger partial charge in [-0.2, -0.15) is 0 Å². The Morgan fingerprint density at radius 2 is 1.71 bits per heavy atom. The molecule has 1 aromatic carbocycles. The highest BCUT2D eigenvalue weighted by molar-refractivity contribution is 6.54. The maximum absolute atomic E-state index is 6.20. The van der Waals surface area contributed by atoms with Crippen LogP contribution in [-0.4, -0.2) is 18.3 Å². The summed E-state index contributed by atoms with van der Waals surface area (Å²) in [6, 6.07) is 10.6. The van der Waals surface area contributed by atoms with Gasteiger partial charge in [-0.3, -0.25) is 0 Å². The molecule has 130 valence electrons. The minimum Gasteiger partial charge on any atom is -0.399 e. The number of rotatable bonds is 7. The van der Waals surface area contributed by atoms with Crippen LogP contribution in [0.1, 0.15) is 65.9 Å². The van der Waals surface area contributed by atoms with Crippen molar-refractivity contribution in [2.75, 3.05) is 0 Å². The van der Waals surface area contributed by atoms with Crippen molar-refractivity contribution in [3.63, 3.8) is 0 Å². The number of hydrogen-bond acceptors (Lipinski definition) is 2. The van der Waals surface area contributed by atoms with Gasteiger partial charge in [0.25, 0.3) is 0 Å². The van der Waals surface area contributed by atoms with Gasteiger partial charge in [-0.05, 0) is 65.0 Å². The second-order valence-electron chi connectivity index (χ2n) is 7.59. The van der Waals surface area contributed by atoms with Crippen molar-refractivity contribution in [1.82, 2.24) is 0 Å². The maximum atomic E-state index is 6.20. The quantitative estimate of drug-likeness (QED) is 0.485. The average Bonchev–Trinajstić information content (AvgIpc) is 2.75. The van der Waals surface area contributed by atoms with Crippen LogP contribution in [0.25, 0.3) is 0 Å². The number of hydrogen-bond donors (Lipinski definition) is 0. The van der Waals surface area contributed by atoms with Gasteiger partial charge in [0, 0.05) is 5.47 Å². The molecular formula is C21H31BO2. The monoisotopic (exact) mass is 326 g/mol. The van der Waals surface area contributed by atoms with E-state index in [0.29, 0.717) is 0 Å². The zero-order valence-corrected chi connectivity index (χ0v) is 15.9. The number of benzene rings is 1. The van der Waals surface area contributed by atoms with E-state index >= 15 is 0 Å². The molecular weight excluding hydrogens is 295 g/mol. The van der Waals surface area contributed by atoms with Crippen LogP contribution in [0.3, 0.4) is 0 Å². The Kier molecular flexibility index (Phi) is 6.51. The van der Waals surface area contributed by atoms with Gasteiger partial charge >= 0.3 is 7.12 Å². The van der Waals surface area contributed by atoms with E-state index in [9.17, 15) is 0 Å². The smallest absolute Gasteiger partial charge is 0.399 e. The summed E-state index contributed by atoms with van der Waals surface area (Å²) in [4.78, 5) is 0. The molecule has 1 aromatic rings. The first kappa shape index (κ1) is 19.1. The van der Waals surface area contributed by atoms with Gasteiger partial charge in [0.2, 0.25) is 0 Å². The van der Waals surface area contributed by atoms with Crippen molar-refractivity contribution in [3.05, 3.63) is 53.2 Å². The zero-order chi connectivity index (χ0) is 17.6. The third-order valence-electron chi connectivity index (χ3n) is 5.05. The highest BCUT2D eigenvalue weighted by Crippen LogP contribution is 2.39. The first-order valence-corrected chi connectivity index (χ1v) is 9.19. The highest BCUT2D eigenvalue weighted by Gasteiger charge is 2.52. The van der Waals surface area contributed by atoms with Crippen LogP contribution in [0.4, 0.5) is 0 Å². The van der Waals surface area contributed by atoms with Gasteiger partial charge < -0.3 is 9.31 Å². The van der Waals surface area contributed by atoms with Crippen LogP contribution >= 0.6 is 0 Å². The van der Waals surface area contributed by atoms with Crippen molar-refractivity contribution in [2.24, 2.45) is 0 Å². The van der Waals surface area contributed by atoms with E-state index in [1.54, 1.807) is 0 Å². The Labute approximate surface area is 148 Å². The molecule has 1 aliphatic heterocycles. The first-order chi connectivity index (χ1) is 11.4. The average molecular weight is 326 g/mol. The maximum Gasteiger partial charge on any atom is 0.498 e. The number of aryl methyl sites for hydroxylation is 1. The van der Waals surface area contributed by atoms with Crippen molar-refractivity contribution in [2.45, 2.75) is 77.9 Å². The normalized spacial score (nSPS) is 18.3. The predicted molar refractivity (Wildman–Crippen MR) is 102 cm³/mol. The summed E-state index contributed by atoms with van der Waals surface area (Å²) in [5.41, 5.74) is 5.41. The van der Waals surface area contributed by atoms with Crippen LogP contribution < -0.4 is 0 Å². The lowest BCUT2D eigenvalue weighted by Gasteiger charge is -2.32. The SMILES string of the molecule is CCCCC(=C=CCCc1ccccc1)B1OC(C)(C)C(C)(C)O1. The van der Waals surface area contributed by atoms with Crippen LogP contribution in [0.2, 0.25) is 0 Å². The lowest BCUT2D eigenvalue weighted by Crippen LogP contribution is -2.41. The van der Waals surface area contributed by atoms with Gasteiger partial charge in [-0.15, -0.1) is 5.73 Å². The molecule has 2 nitrogen and oxygen atoms in total. The molecule has 1 saturated heterocycles. The van der Waals surface area contributed by atoms with E-state index in [1.165, 1.54) is 5.56 Å². The van der Waals surface area contributed by atoms with E-state index in [0.717, 1.165) is 37.6 Å². The molecule has 1 heterocycles. The summed E-state index contributed by atoms with van der Waals surface area (Å²) < 4.78 is 12.4. The molecule has 0 spiro atoms. The van der Waals surface area contributed by atoms with Gasteiger partial charge in [-0.1, -0.05) is 43.7 Å². The Balaban J connectivity index is 2.06. The minimum atomic E-state index is -0.291. The van der Waals surface area contributed by atoms with E-state index in [-0.39, 0.29) is 18.3 Å². The predicted octanol–water partition coefficient (Wildman–Crippen LogP) is 5.52. The Morgan fingerprint density at radius 1 is 1.08 bits per heavy atom. The van der Waals surface area contributed by atoms with Crippen LogP contribution in [0.5, 0.6) is 0 Å². The van der Waals surface area contributed by atoms with Crippen molar-refractivity contribution in [3.8, 4) is 0 Å². The zero-order valence-electron chi connectivity index (χ0n) is 15.9. The van der Waals surface area contributed by atoms with Crippen LogP contribution in [0, 0.1) is 0 Å². The first-order valence-electron chi connectivity index (χ1n) is 9.19. The fraction of sp³-hybridized carbons (Fsp3) is 0.571. The fourth-order valence-electron chi connectivity index (χ4n) is 2.70. The number of allylic oxidation sites excluding steroid dienone is 1. The topological polar surface area (TPSA) is 18.5 Å². The summed E-state index contributed by atoms with van der Waals surface area (Å²) in [5, 5.41) is 0. The molecule has 0 aliphatic carbocycles. The second-order valence-corrected chi connectivity index (χ2v) is 7.59. The Hall–Kier alpha value is -1.28. The minimum absolute atomic E-state index is 0.269. The standard InChI is InChI=1S/C21H31BO2/c1-6-7-16-19(22-23-20(2,3)21(4,5)24-22)17-12-11-15-18-13-9-8-10-14-18/h8-10,12-14H,6-7,11,15-16H2,1-5H3. The third-order valence-corrected chi connectivity index (χ3v) is 5.05. The molecule has 0 bridgehead atoms. The lowest BCUT2D eigenvalue weighted by molar-refractivity contribution is 0.00578. The summed E-state index contributed by atoms with van der Waals surface area (Å²) in [6.07, 6.45) is 7.45. The van der Waals surface area contributed by atoms with E-state index < -0.39 is 0 Å². The lowest BCUT2D eigenvalue weighted by atomic mass is 9.76. The summed E-state index contributed by atoms with van der Waals surface area (Å²) in [7, 11) is -0.269. The third kappa shape index (κ3) is 4.86. The van der Waals surface area contributed by atoms with E-state index in [1.807, 2.05) is 0 Å². The molecule has 0 unspecified atom stereocenters. The fourth-order valence-corrected chi connectivity index (χ4v) is 2.70. The van der Waals surface area contributed by atoms with E-state index in [4.69, 9.17) is 9.31 Å². The van der Waals surface area contributed by atoms with Crippen molar-refractivity contribution < 1.29 is 9.31 Å². The Bertz CT molecular complexity index is 567. The van der Waals surface area contributed by atoms with Crippen molar-refractivity contribution >= 4 is 7.12 Å². The number of unbranched alkanes of at least 4 members (excludes halogenated alkanes) is 1. The molecule has 0 radical (unpaired) electrons. The molecule has 0 N–H and O–H groups in total. The molecule has 0 saturated carbocycles. The molecule has 0 aromatic heterocycles. The van der Waals surface area contributed by atoms with Crippen LogP contribution in [0.15, 0.2) is 47.6 Å². The Morgan fingerprint density at radius 3 is 2.29 bits per heavy atom. The summed E-state index contributed by atoms with van der Waals surface area (Å²) >= 11 is 0. The van der Waals surface area contributed by atoms with Gasteiger partial charge in [-0.25, -0.2) is 0 Å². The molecule has 1 fully saturated rings. The highest BCUT2D eigenvalue weighted by atomic mass is 16.7. The molecule has 0 atom stereocenters. The summed E-state index contributed by atoms with van der Waals surface area (Å²) in [5.74, 6) is 0. The largest absolute Gasteiger partial charge is 0.498 e.